The van der Waals surface area contributed by atoms with Crippen LogP contribution in [0.3, 0.4) is 0 Å². The number of anilines is 1. The van der Waals surface area contributed by atoms with E-state index in [2.05, 4.69) is 45.9 Å². The van der Waals surface area contributed by atoms with Crippen molar-refractivity contribution in [1.82, 2.24) is 0 Å². The molecule has 0 atom stereocenters. The Morgan fingerprint density at radius 2 is 1.74 bits per heavy atom. The molecule has 2 aromatic carbocycles. The van der Waals surface area contributed by atoms with E-state index in [4.69, 9.17) is 0 Å². The van der Waals surface area contributed by atoms with Gasteiger partial charge in [-0.05, 0) is 36.8 Å². The Bertz CT molecular complexity index is 670. The topological polar surface area (TPSA) is 20.3 Å². The number of hydrogen-bond acceptors (Lipinski definition) is 1. The largest absolute Gasteiger partial charge is 0.305 e. The zero-order chi connectivity index (χ0) is 13.7. The van der Waals surface area contributed by atoms with E-state index < -0.39 is 0 Å². The normalized spacial score (nSPS) is 14.2. The Kier molecular flexibility index (Phi) is 2.63. The van der Waals surface area contributed by atoms with Crippen molar-refractivity contribution in [2.75, 3.05) is 4.90 Å². The third kappa shape index (κ3) is 1.59. The van der Waals surface area contributed by atoms with Crippen molar-refractivity contribution < 1.29 is 4.79 Å². The Labute approximate surface area is 114 Å². The van der Waals surface area contributed by atoms with Crippen molar-refractivity contribution in [3.63, 3.8) is 0 Å². The summed E-state index contributed by atoms with van der Waals surface area (Å²) >= 11 is 0. The average molecular weight is 253 g/mol. The van der Waals surface area contributed by atoms with E-state index >= 15 is 0 Å². The second kappa shape index (κ2) is 4.09. The first kappa shape index (κ1) is 12.2. The number of nitrogens with zero attached hydrogens (tertiary/aromatic N) is 1. The van der Waals surface area contributed by atoms with E-state index in [1.54, 1.807) is 0 Å². The zero-order valence-corrected chi connectivity index (χ0v) is 11.9. The van der Waals surface area contributed by atoms with E-state index in [0.717, 1.165) is 22.0 Å². The van der Waals surface area contributed by atoms with Gasteiger partial charge in [-0.2, -0.15) is 0 Å². The summed E-state index contributed by atoms with van der Waals surface area (Å²) in [6.07, 6.45) is 0. The van der Waals surface area contributed by atoms with Crippen molar-refractivity contribution >= 4 is 22.4 Å². The monoisotopic (exact) mass is 253 g/mol. The minimum absolute atomic E-state index is 0.142. The van der Waals surface area contributed by atoms with E-state index in [1.165, 1.54) is 5.56 Å². The summed E-state index contributed by atoms with van der Waals surface area (Å²) in [5.74, 6) is 0.559. The van der Waals surface area contributed by atoms with Crippen LogP contribution in [0, 0.1) is 0 Å². The Hall–Kier alpha value is -1.83. The zero-order valence-electron chi connectivity index (χ0n) is 11.9. The van der Waals surface area contributed by atoms with Crippen molar-refractivity contribution in [2.24, 2.45) is 0 Å². The van der Waals surface area contributed by atoms with Gasteiger partial charge in [0, 0.05) is 17.0 Å². The van der Waals surface area contributed by atoms with Gasteiger partial charge in [-0.1, -0.05) is 38.1 Å². The minimum Gasteiger partial charge on any atom is -0.305 e. The minimum atomic E-state index is 0.142. The first-order chi connectivity index (χ1) is 9.02. The lowest BCUT2D eigenvalue weighted by atomic mass is 9.95. The number of carbonyl (C=O) groups excluding carboxylic acids is 1. The maximum Gasteiger partial charge on any atom is 0.259 e. The van der Waals surface area contributed by atoms with Crippen LogP contribution in [0.15, 0.2) is 30.3 Å². The molecule has 1 aliphatic rings. The van der Waals surface area contributed by atoms with E-state index in [1.807, 2.05) is 17.0 Å². The molecule has 1 aliphatic heterocycles. The molecule has 1 heterocycles. The van der Waals surface area contributed by atoms with Crippen LogP contribution in [0.2, 0.25) is 0 Å². The predicted octanol–water partition coefficient (Wildman–Crippen LogP) is 4.33. The maximum absolute atomic E-state index is 12.6. The van der Waals surface area contributed by atoms with Gasteiger partial charge in [-0.15, -0.1) is 0 Å². The number of hydrogen-bond donors (Lipinski definition) is 0. The molecule has 2 heteroatoms. The van der Waals surface area contributed by atoms with Gasteiger partial charge < -0.3 is 4.90 Å². The highest BCUT2D eigenvalue weighted by Crippen LogP contribution is 2.43. The molecular weight excluding hydrogens is 234 g/mol. The Morgan fingerprint density at radius 3 is 2.37 bits per heavy atom. The number of amides is 1. The van der Waals surface area contributed by atoms with Gasteiger partial charge in [-0.25, -0.2) is 0 Å². The molecule has 19 heavy (non-hydrogen) atoms. The SMILES string of the molecule is CC(C)c1ccc2cccc3c2c1N(C(C)C)C3=O. The van der Waals surface area contributed by atoms with Gasteiger partial charge in [0.25, 0.3) is 5.91 Å². The van der Waals surface area contributed by atoms with Gasteiger partial charge in [-0.3, -0.25) is 4.79 Å². The third-order valence-electron chi connectivity index (χ3n) is 3.88. The van der Waals surface area contributed by atoms with E-state index in [0.29, 0.717) is 5.92 Å². The fraction of sp³-hybridized carbons (Fsp3) is 0.353. The van der Waals surface area contributed by atoms with Gasteiger partial charge >= 0.3 is 0 Å². The van der Waals surface area contributed by atoms with E-state index in [-0.39, 0.29) is 11.9 Å². The highest BCUT2D eigenvalue weighted by molar-refractivity contribution is 6.25. The van der Waals surface area contributed by atoms with Crippen LogP contribution >= 0.6 is 0 Å². The smallest absolute Gasteiger partial charge is 0.259 e. The molecule has 0 saturated carbocycles. The fourth-order valence-electron chi connectivity index (χ4n) is 3.00. The molecule has 0 N–H and O–H groups in total. The lowest BCUT2D eigenvalue weighted by molar-refractivity contribution is 0.0986. The molecule has 98 valence electrons. The molecule has 0 aromatic heterocycles. The highest BCUT2D eigenvalue weighted by atomic mass is 16.2. The summed E-state index contributed by atoms with van der Waals surface area (Å²) in [6, 6.07) is 10.5. The summed E-state index contributed by atoms with van der Waals surface area (Å²) in [7, 11) is 0. The maximum atomic E-state index is 12.6. The summed E-state index contributed by atoms with van der Waals surface area (Å²) < 4.78 is 0. The molecule has 1 amide bonds. The number of carbonyl (C=O) groups is 1. The molecule has 2 aromatic rings. The van der Waals surface area contributed by atoms with Crippen LogP contribution in [-0.4, -0.2) is 11.9 Å². The first-order valence-electron chi connectivity index (χ1n) is 6.91. The molecule has 0 aliphatic carbocycles. The lowest BCUT2D eigenvalue weighted by Crippen LogP contribution is -2.34. The third-order valence-corrected chi connectivity index (χ3v) is 3.88. The van der Waals surface area contributed by atoms with Crippen LogP contribution in [-0.2, 0) is 0 Å². The molecule has 3 rings (SSSR count). The van der Waals surface area contributed by atoms with E-state index in [9.17, 15) is 4.79 Å². The predicted molar refractivity (Wildman–Crippen MR) is 80.0 cm³/mol. The van der Waals surface area contributed by atoms with Crippen LogP contribution in [0.5, 0.6) is 0 Å². The first-order valence-corrected chi connectivity index (χ1v) is 6.91. The fourth-order valence-corrected chi connectivity index (χ4v) is 3.00. The number of rotatable bonds is 2. The average Bonchev–Trinajstić information content (AvgIpc) is 2.65. The summed E-state index contributed by atoms with van der Waals surface area (Å²) in [5.41, 5.74) is 3.24. The molecule has 0 radical (unpaired) electrons. The van der Waals surface area contributed by atoms with Crippen LogP contribution in [0.1, 0.15) is 49.5 Å². The molecule has 0 spiro atoms. The molecule has 0 unspecified atom stereocenters. The van der Waals surface area contributed by atoms with Crippen LogP contribution < -0.4 is 4.90 Å². The van der Waals surface area contributed by atoms with Crippen LogP contribution in [0.4, 0.5) is 5.69 Å². The quantitative estimate of drug-likeness (QED) is 0.780. The molecule has 0 fully saturated rings. The van der Waals surface area contributed by atoms with Crippen molar-refractivity contribution in [1.29, 1.82) is 0 Å². The summed E-state index contributed by atoms with van der Waals surface area (Å²) in [4.78, 5) is 14.6. The molecule has 0 saturated heterocycles. The van der Waals surface area contributed by atoms with Crippen molar-refractivity contribution in [3.8, 4) is 0 Å². The Balaban J connectivity index is 2.42. The summed E-state index contributed by atoms with van der Waals surface area (Å²) in [5, 5.41) is 2.29. The molecular formula is C17H19NO. The second-order valence-corrected chi connectivity index (χ2v) is 5.83. The molecule has 0 bridgehead atoms. The van der Waals surface area contributed by atoms with Gasteiger partial charge in [0.15, 0.2) is 0 Å². The lowest BCUT2D eigenvalue weighted by Gasteiger charge is -2.25. The highest BCUT2D eigenvalue weighted by Gasteiger charge is 2.33. The summed E-state index contributed by atoms with van der Waals surface area (Å²) in [6.45, 7) is 8.52. The van der Waals surface area contributed by atoms with Gasteiger partial charge in [0.05, 0.1) is 5.69 Å². The van der Waals surface area contributed by atoms with Gasteiger partial charge in [0.1, 0.15) is 0 Å². The Morgan fingerprint density at radius 1 is 1.00 bits per heavy atom. The second-order valence-electron chi connectivity index (χ2n) is 5.83. The van der Waals surface area contributed by atoms with Gasteiger partial charge in [0.2, 0.25) is 0 Å². The van der Waals surface area contributed by atoms with Crippen molar-refractivity contribution in [2.45, 2.75) is 39.7 Å². The number of benzene rings is 2. The molecule has 2 nitrogen and oxygen atoms in total. The van der Waals surface area contributed by atoms with Crippen molar-refractivity contribution in [3.05, 3.63) is 41.5 Å². The standard InChI is InChI=1S/C17H19NO/c1-10(2)13-9-8-12-6-5-7-14-15(12)16(13)18(11(3)4)17(14)19/h5-11H,1-4H3. The van der Waals surface area contributed by atoms with Crippen LogP contribution in [0.25, 0.3) is 10.8 Å².